The summed E-state index contributed by atoms with van der Waals surface area (Å²) in [5.41, 5.74) is 7.66. The molecule has 2 heterocycles. The van der Waals surface area contributed by atoms with Crippen molar-refractivity contribution in [2.45, 2.75) is 6.54 Å². The average Bonchev–Trinajstić information content (AvgIpc) is 2.29. The summed E-state index contributed by atoms with van der Waals surface area (Å²) < 4.78 is 0. The minimum Gasteiger partial charge on any atom is -0.382 e. The molecule has 0 aliphatic carbocycles. The normalized spacial score (nSPS) is 9.87. The number of nitrogens with one attached hydrogen (secondary N) is 1. The molecule has 0 aromatic carbocycles. The van der Waals surface area contributed by atoms with Gasteiger partial charge in [-0.2, -0.15) is 0 Å². The second-order valence-corrected chi connectivity index (χ2v) is 3.15. The van der Waals surface area contributed by atoms with E-state index >= 15 is 0 Å². The van der Waals surface area contributed by atoms with Gasteiger partial charge in [0.25, 0.3) is 0 Å². The van der Waals surface area contributed by atoms with E-state index in [1.807, 2.05) is 30.5 Å². The third-order valence-electron chi connectivity index (χ3n) is 2.04. The van der Waals surface area contributed by atoms with Gasteiger partial charge in [0.2, 0.25) is 0 Å². The molecule has 0 radical (unpaired) electrons. The summed E-state index contributed by atoms with van der Waals surface area (Å²) in [5.74, 6) is 0.515. The fourth-order valence-corrected chi connectivity index (χ4v) is 1.27. The monoisotopic (exact) mass is 200 g/mol. The highest BCUT2D eigenvalue weighted by Gasteiger charge is 1.97. The maximum atomic E-state index is 5.70. The summed E-state index contributed by atoms with van der Waals surface area (Å²) in [6, 6.07) is 7.66. The highest BCUT2D eigenvalue weighted by atomic mass is 14.9. The van der Waals surface area contributed by atoms with Crippen LogP contribution >= 0.6 is 0 Å². The van der Waals surface area contributed by atoms with Crippen LogP contribution in [0.2, 0.25) is 0 Å². The molecular weight excluding hydrogens is 188 g/mol. The van der Waals surface area contributed by atoms with Crippen LogP contribution in [0, 0.1) is 0 Å². The Bertz CT molecular complexity index is 428. The van der Waals surface area contributed by atoms with Gasteiger partial charge >= 0.3 is 0 Å². The van der Waals surface area contributed by atoms with E-state index in [-0.39, 0.29) is 0 Å². The van der Waals surface area contributed by atoms with Gasteiger partial charge in [0, 0.05) is 25.1 Å². The summed E-state index contributed by atoms with van der Waals surface area (Å²) in [5, 5.41) is 3.20. The molecular formula is C11H12N4. The smallest absolute Gasteiger partial charge is 0.146 e. The van der Waals surface area contributed by atoms with Crippen LogP contribution in [-0.2, 0) is 6.54 Å². The third-order valence-corrected chi connectivity index (χ3v) is 2.04. The van der Waals surface area contributed by atoms with E-state index in [1.165, 1.54) is 0 Å². The first-order chi connectivity index (χ1) is 7.36. The van der Waals surface area contributed by atoms with Crippen LogP contribution in [0.15, 0.2) is 42.9 Å². The maximum Gasteiger partial charge on any atom is 0.146 e. The number of hydrogen-bond acceptors (Lipinski definition) is 4. The zero-order valence-corrected chi connectivity index (χ0v) is 8.22. The zero-order chi connectivity index (χ0) is 10.5. The van der Waals surface area contributed by atoms with E-state index in [9.17, 15) is 0 Å². The van der Waals surface area contributed by atoms with Crippen molar-refractivity contribution in [3.8, 4) is 0 Å². The lowest BCUT2D eigenvalue weighted by Crippen LogP contribution is -2.03. The van der Waals surface area contributed by atoms with E-state index < -0.39 is 0 Å². The predicted octanol–water partition coefficient (Wildman–Crippen LogP) is 1.67. The summed E-state index contributed by atoms with van der Waals surface area (Å²) >= 11 is 0. The Labute approximate surface area is 88.2 Å². The van der Waals surface area contributed by atoms with Gasteiger partial charge in [0.1, 0.15) is 5.82 Å². The molecule has 3 N–H and O–H groups in total. The number of nitrogens with zero attached hydrogens (tertiary/aromatic N) is 2. The van der Waals surface area contributed by atoms with Gasteiger partial charge in [-0.25, -0.2) is 4.98 Å². The molecule has 0 spiro atoms. The molecule has 0 saturated heterocycles. The van der Waals surface area contributed by atoms with E-state index in [4.69, 9.17) is 5.73 Å². The van der Waals surface area contributed by atoms with Crippen LogP contribution in [0.5, 0.6) is 0 Å². The lowest BCUT2D eigenvalue weighted by Gasteiger charge is -2.07. The molecule has 0 amide bonds. The minimum atomic E-state index is 0.515. The van der Waals surface area contributed by atoms with Crippen molar-refractivity contribution in [2.24, 2.45) is 0 Å². The number of pyridine rings is 2. The van der Waals surface area contributed by atoms with Crippen molar-refractivity contribution in [3.63, 3.8) is 0 Å². The molecule has 4 nitrogen and oxygen atoms in total. The van der Waals surface area contributed by atoms with Crippen LogP contribution < -0.4 is 11.1 Å². The van der Waals surface area contributed by atoms with Crippen LogP contribution in [0.25, 0.3) is 0 Å². The number of aromatic nitrogens is 2. The number of nitrogens with two attached hydrogens (primary N) is 1. The summed E-state index contributed by atoms with van der Waals surface area (Å²) in [4.78, 5) is 8.02. The number of hydrogen-bond donors (Lipinski definition) is 2. The first kappa shape index (κ1) is 9.45. The SMILES string of the molecule is Nc1ncccc1NCc1cccnc1. The fourth-order valence-electron chi connectivity index (χ4n) is 1.27. The molecule has 0 unspecified atom stereocenters. The third kappa shape index (κ3) is 2.43. The maximum absolute atomic E-state index is 5.70. The molecule has 76 valence electrons. The molecule has 2 aromatic heterocycles. The highest BCUT2D eigenvalue weighted by Crippen LogP contribution is 2.14. The second-order valence-electron chi connectivity index (χ2n) is 3.15. The van der Waals surface area contributed by atoms with Crippen molar-refractivity contribution in [1.29, 1.82) is 0 Å². The lowest BCUT2D eigenvalue weighted by molar-refractivity contribution is 1.11. The molecule has 0 bridgehead atoms. The van der Waals surface area contributed by atoms with Gasteiger partial charge in [-0.15, -0.1) is 0 Å². The second kappa shape index (κ2) is 4.41. The van der Waals surface area contributed by atoms with Crippen molar-refractivity contribution in [1.82, 2.24) is 9.97 Å². The summed E-state index contributed by atoms with van der Waals surface area (Å²) in [6.45, 7) is 0.698. The van der Waals surface area contributed by atoms with E-state index in [2.05, 4.69) is 15.3 Å². The predicted molar refractivity (Wildman–Crippen MR) is 60.2 cm³/mol. The van der Waals surface area contributed by atoms with Crippen LogP contribution in [0.1, 0.15) is 5.56 Å². The van der Waals surface area contributed by atoms with Crippen LogP contribution in [0.3, 0.4) is 0 Å². The molecule has 4 heteroatoms. The fraction of sp³-hybridized carbons (Fsp3) is 0.0909. The van der Waals surface area contributed by atoms with Gasteiger partial charge in [0.05, 0.1) is 5.69 Å². The molecule has 0 saturated carbocycles. The van der Waals surface area contributed by atoms with Crippen LogP contribution in [-0.4, -0.2) is 9.97 Å². The number of nitrogen functional groups attached to an aromatic ring is 1. The number of anilines is 2. The molecule has 0 atom stereocenters. The molecule has 0 fully saturated rings. The van der Waals surface area contributed by atoms with Gasteiger partial charge in [0.15, 0.2) is 0 Å². The minimum absolute atomic E-state index is 0.515. The van der Waals surface area contributed by atoms with Crippen molar-refractivity contribution in [3.05, 3.63) is 48.4 Å². The first-order valence-corrected chi connectivity index (χ1v) is 4.69. The molecule has 2 rings (SSSR count). The first-order valence-electron chi connectivity index (χ1n) is 4.69. The number of rotatable bonds is 3. The van der Waals surface area contributed by atoms with Gasteiger partial charge in [-0.05, 0) is 23.8 Å². The largest absolute Gasteiger partial charge is 0.382 e. The molecule has 0 aliphatic rings. The Morgan fingerprint density at radius 1 is 1.20 bits per heavy atom. The summed E-state index contributed by atoms with van der Waals surface area (Å²) in [7, 11) is 0. The van der Waals surface area contributed by atoms with Crippen molar-refractivity contribution in [2.75, 3.05) is 11.1 Å². The van der Waals surface area contributed by atoms with Crippen molar-refractivity contribution >= 4 is 11.5 Å². The molecule has 2 aromatic rings. The zero-order valence-electron chi connectivity index (χ0n) is 8.22. The van der Waals surface area contributed by atoms with E-state index in [0.29, 0.717) is 12.4 Å². The highest BCUT2D eigenvalue weighted by molar-refractivity contribution is 5.60. The standard InChI is InChI=1S/C11H12N4/c12-11-10(4-2-6-14-11)15-8-9-3-1-5-13-7-9/h1-7,15H,8H2,(H2,12,14). The Morgan fingerprint density at radius 3 is 2.80 bits per heavy atom. The van der Waals surface area contributed by atoms with Crippen LogP contribution in [0.4, 0.5) is 11.5 Å². The lowest BCUT2D eigenvalue weighted by atomic mass is 10.3. The Balaban J connectivity index is 2.03. The van der Waals surface area contributed by atoms with E-state index in [1.54, 1.807) is 12.4 Å². The topological polar surface area (TPSA) is 63.8 Å². The average molecular weight is 200 g/mol. The summed E-state index contributed by atoms with van der Waals surface area (Å²) in [6.07, 6.45) is 5.24. The quantitative estimate of drug-likeness (QED) is 0.791. The van der Waals surface area contributed by atoms with Crippen molar-refractivity contribution < 1.29 is 0 Å². The Hall–Kier alpha value is -2.10. The molecule has 15 heavy (non-hydrogen) atoms. The molecule has 0 aliphatic heterocycles. The van der Waals surface area contributed by atoms with Gasteiger partial charge in [-0.3, -0.25) is 4.98 Å². The Kier molecular flexibility index (Phi) is 2.78. The van der Waals surface area contributed by atoms with Gasteiger partial charge < -0.3 is 11.1 Å². The Morgan fingerprint density at radius 2 is 2.07 bits per heavy atom. The van der Waals surface area contributed by atoms with E-state index in [0.717, 1.165) is 11.3 Å². The van der Waals surface area contributed by atoms with Gasteiger partial charge in [-0.1, -0.05) is 6.07 Å².